The Bertz CT molecular complexity index is 507. The van der Waals surface area contributed by atoms with Crippen LogP contribution in [0.3, 0.4) is 0 Å². The minimum Gasteiger partial charge on any atom is -0.436 e. The Morgan fingerprint density at radius 1 is 0.939 bits per heavy atom. The lowest BCUT2D eigenvalue weighted by atomic mass is 9.74. The first-order valence-electron chi connectivity index (χ1n) is 14.5. The summed E-state index contributed by atoms with van der Waals surface area (Å²) in [4.78, 5) is 12.0. The van der Waals surface area contributed by atoms with E-state index in [9.17, 15) is 4.79 Å². The van der Waals surface area contributed by atoms with Crippen LogP contribution in [0.2, 0.25) is 0 Å². The molecule has 0 spiro atoms. The van der Waals surface area contributed by atoms with Gasteiger partial charge in [0, 0.05) is 6.42 Å². The van der Waals surface area contributed by atoms with Crippen LogP contribution < -0.4 is 0 Å². The molecule has 0 N–H and O–H groups in total. The SMILES string of the molecule is CC.CC.CCC1CC(C)C2C3CC(CC3OC(C)OC(=O)CCC(C)(C)C)C12.CCCC. The quantitative estimate of drug-likeness (QED) is 0.276. The van der Waals surface area contributed by atoms with Crippen LogP contribution in [0, 0.1) is 40.9 Å². The molecular weight excluding hydrogens is 408 g/mol. The van der Waals surface area contributed by atoms with Crippen molar-refractivity contribution in [3.63, 3.8) is 0 Å². The summed E-state index contributed by atoms with van der Waals surface area (Å²) in [5.41, 5.74) is 0.164. The van der Waals surface area contributed by atoms with Crippen LogP contribution >= 0.6 is 0 Å². The van der Waals surface area contributed by atoms with Gasteiger partial charge in [0.1, 0.15) is 0 Å². The lowest BCUT2D eigenvalue weighted by molar-refractivity contribution is -0.193. The molecule has 198 valence electrons. The molecule has 8 unspecified atom stereocenters. The molecule has 0 aliphatic heterocycles. The number of esters is 1. The van der Waals surface area contributed by atoms with E-state index in [2.05, 4.69) is 48.5 Å². The van der Waals surface area contributed by atoms with Crippen LogP contribution in [0.15, 0.2) is 0 Å². The van der Waals surface area contributed by atoms with Crippen LogP contribution in [-0.4, -0.2) is 18.4 Å². The maximum absolute atomic E-state index is 12.0. The Morgan fingerprint density at radius 3 is 2.00 bits per heavy atom. The van der Waals surface area contributed by atoms with Crippen molar-refractivity contribution in [2.75, 3.05) is 0 Å². The van der Waals surface area contributed by atoms with Crippen molar-refractivity contribution in [1.29, 1.82) is 0 Å². The smallest absolute Gasteiger partial charge is 0.308 e. The van der Waals surface area contributed by atoms with Crippen molar-refractivity contribution in [3.8, 4) is 0 Å². The molecule has 2 bridgehead atoms. The third-order valence-corrected chi connectivity index (χ3v) is 7.71. The van der Waals surface area contributed by atoms with Crippen LogP contribution in [-0.2, 0) is 14.3 Å². The molecule has 3 fully saturated rings. The Labute approximate surface area is 208 Å². The van der Waals surface area contributed by atoms with Gasteiger partial charge in [-0.3, -0.25) is 4.79 Å². The van der Waals surface area contributed by atoms with Gasteiger partial charge in [-0.05, 0) is 73.5 Å². The van der Waals surface area contributed by atoms with Crippen LogP contribution in [0.1, 0.15) is 134 Å². The third kappa shape index (κ3) is 9.90. The minimum absolute atomic E-state index is 0.122. The molecule has 8 atom stereocenters. The van der Waals surface area contributed by atoms with Gasteiger partial charge >= 0.3 is 5.97 Å². The van der Waals surface area contributed by atoms with Gasteiger partial charge in [0.15, 0.2) is 6.29 Å². The lowest BCUT2D eigenvalue weighted by Crippen LogP contribution is -2.36. The van der Waals surface area contributed by atoms with Gasteiger partial charge in [0.05, 0.1) is 6.10 Å². The van der Waals surface area contributed by atoms with E-state index in [0.29, 0.717) is 18.4 Å². The van der Waals surface area contributed by atoms with E-state index in [0.717, 1.165) is 36.0 Å². The van der Waals surface area contributed by atoms with Gasteiger partial charge in [-0.25, -0.2) is 0 Å². The van der Waals surface area contributed by atoms with Gasteiger partial charge in [0.2, 0.25) is 0 Å². The van der Waals surface area contributed by atoms with Crippen LogP contribution in [0.25, 0.3) is 0 Å². The number of hydrogen-bond donors (Lipinski definition) is 0. The van der Waals surface area contributed by atoms with E-state index < -0.39 is 6.29 Å². The molecular formula is C30H60O3. The number of fused-ring (bicyclic) bond motifs is 5. The Morgan fingerprint density at radius 2 is 1.52 bits per heavy atom. The first-order chi connectivity index (χ1) is 15.6. The van der Waals surface area contributed by atoms with Crippen molar-refractivity contribution >= 4 is 5.97 Å². The summed E-state index contributed by atoms with van der Waals surface area (Å²) in [6.45, 7) is 25.5. The molecule has 0 aromatic rings. The maximum atomic E-state index is 12.0. The monoisotopic (exact) mass is 468 g/mol. The van der Waals surface area contributed by atoms with E-state index in [4.69, 9.17) is 9.47 Å². The Hall–Kier alpha value is -0.570. The Balaban J connectivity index is 0.00000113. The summed E-state index contributed by atoms with van der Waals surface area (Å²) in [6, 6.07) is 0. The highest BCUT2D eigenvalue weighted by Gasteiger charge is 2.59. The second kappa shape index (κ2) is 16.2. The minimum atomic E-state index is -0.408. The molecule has 33 heavy (non-hydrogen) atoms. The first-order valence-corrected chi connectivity index (χ1v) is 14.5. The third-order valence-electron chi connectivity index (χ3n) is 7.71. The molecule has 0 heterocycles. The van der Waals surface area contributed by atoms with Crippen molar-refractivity contribution in [2.45, 2.75) is 147 Å². The zero-order chi connectivity index (χ0) is 25.8. The largest absolute Gasteiger partial charge is 0.436 e. The standard InChI is InChI=1S/C22H38O3.C4H10.2C2H6/c1-7-15-10-13(2)20-17-11-16(21(15)20)12-18(17)24-14(3)25-19(23)8-9-22(4,5)6;1-3-4-2;2*1-2/h13-18,20-21H,7-12H2,1-6H3;3-4H2,1-2H3;2*1-2H3. The zero-order valence-corrected chi connectivity index (χ0v) is 24.5. The van der Waals surface area contributed by atoms with Gasteiger partial charge in [0.25, 0.3) is 0 Å². The molecule has 3 saturated carbocycles. The highest BCUT2D eigenvalue weighted by molar-refractivity contribution is 5.69. The molecule has 3 rings (SSSR count). The second-order valence-electron chi connectivity index (χ2n) is 11.2. The second-order valence-corrected chi connectivity index (χ2v) is 11.2. The molecule has 0 amide bonds. The fourth-order valence-electron chi connectivity index (χ4n) is 6.27. The topological polar surface area (TPSA) is 35.5 Å². The van der Waals surface area contributed by atoms with Crippen molar-refractivity contribution < 1.29 is 14.3 Å². The molecule has 0 radical (unpaired) electrons. The van der Waals surface area contributed by atoms with E-state index in [1.807, 2.05) is 34.6 Å². The van der Waals surface area contributed by atoms with E-state index in [1.165, 1.54) is 38.5 Å². The number of carbonyl (C=O) groups excluding carboxylic acids is 1. The number of hydrogen-bond acceptors (Lipinski definition) is 3. The van der Waals surface area contributed by atoms with Gasteiger partial charge < -0.3 is 9.47 Å². The fourth-order valence-corrected chi connectivity index (χ4v) is 6.27. The van der Waals surface area contributed by atoms with Crippen LogP contribution in [0.4, 0.5) is 0 Å². The van der Waals surface area contributed by atoms with Gasteiger partial charge in [-0.1, -0.05) is 95.4 Å². The van der Waals surface area contributed by atoms with E-state index in [1.54, 1.807) is 0 Å². The number of ether oxygens (including phenoxy) is 2. The first kappa shape index (κ1) is 32.4. The summed E-state index contributed by atoms with van der Waals surface area (Å²) in [7, 11) is 0. The van der Waals surface area contributed by atoms with E-state index in [-0.39, 0.29) is 11.4 Å². The molecule has 3 heteroatoms. The summed E-state index contributed by atoms with van der Waals surface area (Å²) in [5, 5.41) is 0. The average molecular weight is 469 g/mol. The maximum Gasteiger partial charge on any atom is 0.308 e. The summed E-state index contributed by atoms with van der Waals surface area (Å²) >= 11 is 0. The van der Waals surface area contributed by atoms with E-state index >= 15 is 0 Å². The lowest BCUT2D eigenvalue weighted by Gasteiger charge is -2.36. The number of unbranched alkanes of at least 4 members (excludes halogenated alkanes) is 1. The average Bonchev–Trinajstić information content (AvgIpc) is 3.46. The molecule has 3 aliphatic rings. The van der Waals surface area contributed by atoms with Gasteiger partial charge in [-0.15, -0.1) is 0 Å². The molecule has 0 saturated heterocycles. The predicted octanol–water partition coefficient (Wildman–Crippen LogP) is 9.28. The summed E-state index contributed by atoms with van der Waals surface area (Å²) < 4.78 is 11.8. The normalized spacial score (nSPS) is 32.3. The van der Waals surface area contributed by atoms with Crippen molar-refractivity contribution in [3.05, 3.63) is 0 Å². The number of rotatable bonds is 7. The Kier molecular flexibility index (Phi) is 15.9. The predicted molar refractivity (Wildman–Crippen MR) is 143 cm³/mol. The van der Waals surface area contributed by atoms with Crippen molar-refractivity contribution in [2.24, 2.45) is 40.9 Å². The van der Waals surface area contributed by atoms with Crippen LogP contribution in [0.5, 0.6) is 0 Å². The van der Waals surface area contributed by atoms with Gasteiger partial charge in [-0.2, -0.15) is 0 Å². The van der Waals surface area contributed by atoms with Crippen molar-refractivity contribution in [1.82, 2.24) is 0 Å². The highest BCUT2D eigenvalue weighted by Crippen LogP contribution is 2.63. The molecule has 3 aliphatic carbocycles. The molecule has 3 nitrogen and oxygen atoms in total. The molecule has 0 aromatic carbocycles. The summed E-state index contributed by atoms with van der Waals surface area (Å²) in [6.07, 6.45) is 9.12. The highest BCUT2D eigenvalue weighted by atomic mass is 16.7. The number of carbonyl (C=O) groups is 1. The molecule has 0 aromatic heterocycles. The summed E-state index contributed by atoms with van der Waals surface area (Å²) in [5.74, 6) is 4.97. The zero-order valence-electron chi connectivity index (χ0n) is 24.5. The fraction of sp³-hybridized carbons (Fsp3) is 0.967.